The molecular formula is C13H19F2N3O3S. The second kappa shape index (κ2) is 8.72. The maximum absolute atomic E-state index is 13.2. The number of carboxylic acid groups (broad SMARTS) is 1. The minimum absolute atomic E-state index is 0.0650. The lowest BCUT2D eigenvalue weighted by Crippen LogP contribution is -2.27. The molecule has 1 rings (SSSR count). The van der Waals surface area contributed by atoms with Crippen LogP contribution in [0.1, 0.15) is 36.3 Å². The van der Waals surface area contributed by atoms with Crippen LogP contribution in [0, 0.1) is 5.92 Å². The number of carbonyl (C=O) groups excluding carboxylic acids is 1. The maximum atomic E-state index is 13.2. The zero-order valence-electron chi connectivity index (χ0n) is 12.4. The topological polar surface area (TPSA) is 84.2 Å². The molecular weight excluding hydrogens is 316 g/mol. The Kier molecular flexibility index (Phi) is 7.30. The Hall–Kier alpha value is -1.64. The number of thioether (sulfide) groups is 1. The highest BCUT2D eigenvalue weighted by Gasteiger charge is 2.24. The smallest absolute Gasteiger partial charge is 0.313 e. The Morgan fingerprint density at radius 2 is 2.14 bits per heavy atom. The summed E-state index contributed by atoms with van der Waals surface area (Å²) in [4.78, 5) is 22.3. The quantitative estimate of drug-likeness (QED) is 0.675. The maximum Gasteiger partial charge on any atom is 0.313 e. The van der Waals surface area contributed by atoms with Gasteiger partial charge in [0.05, 0.1) is 17.5 Å². The van der Waals surface area contributed by atoms with Crippen molar-refractivity contribution in [1.29, 1.82) is 0 Å². The number of rotatable bonds is 9. The number of aliphatic carboxylic acids is 1. The van der Waals surface area contributed by atoms with Crippen LogP contribution in [0.4, 0.5) is 8.78 Å². The van der Waals surface area contributed by atoms with Crippen molar-refractivity contribution < 1.29 is 23.5 Å². The molecule has 1 amide bonds. The number of carboxylic acids is 1. The van der Waals surface area contributed by atoms with E-state index in [2.05, 4.69) is 10.4 Å². The van der Waals surface area contributed by atoms with Crippen LogP contribution in [0.3, 0.4) is 0 Å². The van der Waals surface area contributed by atoms with Crippen molar-refractivity contribution in [2.45, 2.75) is 26.8 Å². The highest BCUT2D eigenvalue weighted by molar-refractivity contribution is 7.99. The Labute approximate surface area is 131 Å². The van der Waals surface area contributed by atoms with Crippen molar-refractivity contribution in [3.8, 4) is 0 Å². The van der Waals surface area contributed by atoms with Crippen molar-refractivity contribution in [1.82, 2.24) is 15.1 Å². The average molecular weight is 335 g/mol. The summed E-state index contributed by atoms with van der Waals surface area (Å²) in [6, 6.07) is 0. The minimum atomic E-state index is -2.79. The van der Waals surface area contributed by atoms with Crippen LogP contribution in [0.15, 0.2) is 6.20 Å². The Morgan fingerprint density at radius 3 is 2.68 bits per heavy atom. The van der Waals surface area contributed by atoms with Gasteiger partial charge >= 0.3 is 5.97 Å². The number of carbonyl (C=O) groups is 2. The predicted molar refractivity (Wildman–Crippen MR) is 79.3 cm³/mol. The summed E-state index contributed by atoms with van der Waals surface area (Å²) in [7, 11) is 0. The van der Waals surface area contributed by atoms with Crippen LogP contribution in [0.2, 0.25) is 0 Å². The summed E-state index contributed by atoms with van der Waals surface area (Å²) in [5.74, 6) is -1.11. The van der Waals surface area contributed by atoms with Crippen molar-refractivity contribution in [2.24, 2.45) is 5.92 Å². The SMILES string of the molecule is CC(C)Cn1ncc(C(=O)NCCSCC(=O)O)c1C(F)F. The predicted octanol–water partition coefficient (Wildman–Crippen LogP) is 2.02. The van der Waals surface area contributed by atoms with Crippen LogP contribution in [-0.2, 0) is 11.3 Å². The first kappa shape index (κ1) is 18.4. The molecule has 0 aliphatic heterocycles. The third-order valence-electron chi connectivity index (χ3n) is 2.63. The van der Waals surface area contributed by atoms with Gasteiger partial charge in [0, 0.05) is 18.8 Å². The Bertz CT molecular complexity index is 521. The summed E-state index contributed by atoms with van der Waals surface area (Å²) in [6.45, 7) is 4.25. The zero-order chi connectivity index (χ0) is 16.7. The largest absolute Gasteiger partial charge is 0.481 e. The molecule has 0 radical (unpaired) electrons. The van der Waals surface area contributed by atoms with Gasteiger partial charge in [0.25, 0.3) is 12.3 Å². The lowest BCUT2D eigenvalue weighted by Gasteiger charge is -2.11. The molecule has 1 aromatic heterocycles. The van der Waals surface area contributed by atoms with Gasteiger partial charge < -0.3 is 10.4 Å². The van der Waals surface area contributed by atoms with Gasteiger partial charge in [0.15, 0.2) is 0 Å². The lowest BCUT2D eigenvalue weighted by atomic mass is 10.2. The van der Waals surface area contributed by atoms with Gasteiger partial charge in [-0.2, -0.15) is 5.10 Å². The van der Waals surface area contributed by atoms with Crippen molar-refractivity contribution in [3.05, 3.63) is 17.5 Å². The summed E-state index contributed by atoms with van der Waals surface area (Å²) in [5.41, 5.74) is -0.525. The molecule has 0 fully saturated rings. The van der Waals surface area contributed by atoms with Gasteiger partial charge in [-0.25, -0.2) is 8.78 Å². The highest BCUT2D eigenvalue weighted by Crippen LogP contribution is 2.23. The number of hydrogen-bond donors (Lipinski definition) is 2. The molecule has 0 aliphatic rings. The molecule has 0 aromatic carbocycles. The molecule has 124 valence electrons. The van der Waals surface area contributed by atoms with Crippen LogP contribution < -0.4 is 5.32 Å². The number of halogens is 2. The molecule has 0 atom stereocenters. The molecule has 0 aliphatic carbocycles. The molecule has 22 heavy (non-hydrogen) atoms. The lowest BCUT2D eigenvalue weighted by molar-refractivity contribution is -0.133. The van der Waals surface area contributed by atoms with Crippen molar-refractivity contribution in [2.75, 3.05) is 18.1 Å². The van der Waals surface area contributed by atoms with E-state index in [0.29, 0.717) is 12.3 Å². The molecule has 0 saturated heterocycles. The van der Waals surface area contributed by atoms with Gasteiger partial charge in [0.1, 0.15) is 5.69 Å². The molecule has 1 heterocycles. The van der Waals surface area contributed by atoms with Crippen LogP contribution in [-0.4, -0.2) is 44.8 Å². The number of nitrogens with zero attached hydrogens (tertiary/aromatic N) is 2. The number of amides is 1. The fourth-order valence-corrected chi connectivity index (χ4v) is 2.35. The second-order valence-corrected chi connectivity index (χ2v) is 6.13. The van der Waals surface area contributed by atoms with Crippen molar-refractivity contribution >= 4 is 23.6 Å². The summed E-state index contributed by atoms with van der Waals surface area (Å²) in [6.07, 6.45) is -1.65. The summed E-state index contributed by atoms with van der Waals surface area (Å²) < 4.78 is 27.5. The molecule has 0 saturated carbocycles. The molecule has 0 spiro atoms. The van der Waals surface area contributed by atoms with E-state index in [1.54, 1.807) is 0 Å². The molecule has 2 N–H and O–H groups in total. The molecule has 9 heteroatoms. The molecule has 0 bridgehead atoms. The Morgan fingerprint density at radius 1 is 1.45 bits per heavy atom. The van der Waals surface area contributed by atoms with Crippen LogP contribution in [0.5, 0.6) is 0 Å². The third kappa shape index (κ3) is 5.63. The van der Waals surface area contributed by atoms with Gasteiger partial charge in [-0.1, -0.05) is 13.8 Å². The van der Waals surface area contributed by atoms with E-state index < -0.39 is 18.3 Å². The monoisotopic (exact) mass is 335 g/mol. The van der Waals surface area contributed by atoms with Crippen LogP contribution in [0.25, 0.3) is 0 Å². The minimum Gasteiger partial charge on any atom is -0.481 e. The van der Waals surface area contributed by atoms with Gasteiger partial charge in [0.2, 0.25) is 0 Å². The number of hydrogen-bond acceptors (Lipinski definition) is 4. The first-order chi connectivity index (χ1) is 10.3. The van der Waals surface area contributed by atoms with Crippen LogP contribution >= 0.6 is 11.8 Å². The van der Waals surface area contributed by atoms with E-state index in [-0.39, 0.29) is 29.5 Å². The zero-order valence-corrected chi connectivity index (χ0v) is 13.2. The van der Waals surface area contributed by atoms with E-state index >= 15 is 0 Å². The normalized spacial score (nSPS) is 11.2. The van der Waals surface area contributed by atoms with Crippen molar-refractivity contribution in [3.63, 3.8) is 0 Å². The number of alkyl halides is 2. The standard InChI is InChI=1S/C13H19F2N3O3S/c1-8(2)6-18-11(12(14)15)9(5-17-18)13(21)16-3-4-22-7-10(19)20/h5,8,12H,3-4,6-7H2,1-2H3,(H,16,21)(H,19,20). The van der Waals surface area contributed by atoms with E-state index in [1.165, 1.54) is 0 Å². The van der Waals surface area contributed by atoms with Gasteiger partial charge in [-0.3, -0.25) is 14.3 Å². The van der Waals surface area contributed by atoms with Gasteiger partial charge in [-0.05, 0) is 5.92 Å². The summed E-state index contributed by atoms with van der Waals surface area (Å²) in [5, 5.41) is 14.8. The number of aromatic nitrogens is 2. The van der Waals surface area contributed by atoms with E-state index in [0.717, 1.165) is 22.6 Å². The first-order valence-corrected chi connectivity index (χ1v) is 7.90. The second-order valence-electron chi connectivity index (χ2n) is 5.02. The number of nitrogens with one attached hydrogen (secondary N) is 1. The van der Waals surface area contributed by atoms with E-state index in [4.69, 9.17) is 5.11 Å². The summed E-state index contributed by atoms with van der Waals surface area (Å²) >= 11 is 1.14. The Balaban J connectivity index is 2.64. The molecule has 1 aromatic rings. The molecule has 0 unspecified atom stereocenters. The van der Waals surface area contributed by atoms with E-state index in [9.17, 15) is 18.4 Å². The van der Waals surface area contributed by atoms with E-state index in [1.807, 2.05) is 13.8 Å². The fraction of sp³-hybridized carbons (Fsp3) is 0.615. The highest BCUT2D eigenvalue weighted by atomic mass is 32.2. The first-order valence-electron chi connectivity index (χ1n) is 6.74. The molecule has 6 nitrogen and oxygen atoms in total. The third-order valence-corrected chi connectivity index (χ3v) is 3.57. The fourth-order valence-electron chi connectivity index (χ4n) is 1.78. The van der Waals surface area contributed by atoms with Gasteiger partial charge in [-0.15, -0.1) is 11.8 Å². The average Bonchev–Trinajstić information content (AvgIpc) is 2.80.